The number of aliphatic hydroxyl groups excluding tert-OH is 2. The van der Waals surface area contributed by atoms with E-state index in [2.05, 4.69) is 0 Å². The highest BCUT2D eigenvalue weighted by atomic mass is 16.7. The van der Waals surface area contributed by atoms with Crippen LogP contribution in [0.5, 0.6) is 0 Å². The lowest BCUT2D eigenvalue weighted by atomic mass is 10.2. The van der Waals surface area contributed by atoms with Crippen molar-refractivity contribution in [1.29, 1.82) is 0 Å². The average molecular weight is 439 g/mol. The smallest absolute Gasteiger partial charge is 0.338 e. The summed E-state index contributed by atoms with van der Waals surface area (Å²) in [6.07, 6.45) is -6.73. The molecule has 2 atom stereocenters. The summed E-state index contributed by atoms with van der Waals surface area (Å²) in [5, 5.41) is 19.8. The second kappa shape index (κ2) is 14.7. The van der Waals surface area contributed by atoms with Crippen molar-refractivity contribution < 1.29 is 48.2 Å². The molecule has 0 rings (SSSR count). The van der Waals surface area contributed by atoms with E-state index in [1.807, 2.05) is 0 Å². The van der Waals surface area contributed by atoms with Gasteiger partial charge in [-0.1, -0.05) is 0 Å². The van der Waals surface area contributed by atoms with Gasteiger partial charge in [0, 0.05) is 0 Å². The number of carbonyl (C=O) groups excluding carboxylic acids is 2. The van der Waals surface area contributed by atoms with Crippen LogP contribution in [-0.4, -0.2) is 84.6 Å². The second-order valence-electron chi connectivity index (χ2n) is 7.75. The molecule has 0 aliphatic heterocycles. The Morgan fingerprint density at radius 3 is 1.00 bits per heavy atom. The Kier molecular flexibility index (Phi) is 14.0. The third-order valence-electron chi connectivity index (χ3n) is 3.20. The van der Waals surface area contributed by atoms with Crippen LogP contribution in [0, 0.1) is 0 Å². The van der Waals surface area contributed by atoms with E-state index in [0.717, 1.165) is 0 Å². The zero-order valence-corrected chi connectivity index (χ0v) is 19.2. The molecule has 30 heavy (non-hydrogen) atoms. The molecular weight excluding hydrogens is 400 g/mol. The minimum Gasteiger partial charge on any atom is -0.458 e. The monoisotopic (exact) mass is 438 g/mol. The van der Waals surface area contributed by atoms with Gasteiger partial charge in [0.15, 0.2) is 24.8 Å². The molecule has 0 amide bonds. The van der Waals surface area contributed by atoms with Crippen LogP contribution in [0.15, 0.2) is 0 Å². The highest BCUT2D eigenvalue weighted by molar-refractivity contribution is 5.85. The topological polar surface area (TPSA) is 130 Å². The van der Waals surface area contributed by atoms with Crippen LogP contribution in [0.1, 0.15) is 55.4 Å². The minimum absolute atomic E-state index is 0.188. The van der Waals surface area contributed by atoms with E-state index >= 15 is 0 Å². The Labute approximate surface area is 178 Å². The van der Waals surface area contributed by atoms with Gasteiger partial charge in [-0.25, -0.2) is 9.59 Å². The van der Waals surface area contributed by atoms with Gasteiger partial charge in [0.1, 0.15) is 13.2 Å². The number of aliphatic hydroxyl groups is 2. The van der Waals surface area contributed by atoms with Crippen LogP contribution in [0.4, 0.5) is 0 Å². The highest BCUT2D eigenvalue weighted by Gasteiger charge is 2.34. The Bertz CT molecular complexity index is 428. The maximum atomic E-state index is 12.0. The zero-order valence-electron chi connectivity index (χ0n) is 19.2. The quantitative estimate of drug-likeness (QED) is 0.284. The van der Waals surface area contributed by atoms with Crippen molar-refractivity contribution in [3.8, 4) is 0 Å². The van der Waals surface area contributed by atoms with Gasteiger partial charge in [-0.05, 0) is 55.4 Å². The van der Waals surface area contributed by atoms with E-state index in [9.17, 15) is 19.8 Å². The molecule has 0 saturated carbocycles. The fourth-order valence-corrected chi connectivity index (χ4v) is 2.16. The van der Waals surface area contributed by atoms with E-state index in [4.69, 9.17) is 28.4 Å². The molecule has 2 N–H and O–H groups in total. The zero-order chi connectivity index (χ0) is 23.4. The summed E-state index contributed by atoms with van der Waals surface area (Å²) in [5.74, 6) is -2.42. The largest absolute Gasteiger partial charge is 0.458 e. The van der Waals surface area contributed by atoms with Crippen molar-refractivity contribution in [2.45, 2.75) is 105 Å². The molecule has 10 nitrogen and oxygen atoms in total. The van der Waals surface area contributed by atoms with Crippen LogP contribution in [0.3, 0.4) is 0 Å². The molecule has 0 heterocycles. The van der Waals surface area contributed by atoms with Crippen molar-refractivity contribution in [3.63, 3.8) is 0 Å². The Morgan fingerprint density at radius 2 is 0.800 bits per heavy atom. The van der Waals surface area contributed by atoms with Gasteiger partial charge < -0.3 is 38.6 Å². The van der Waals surface area contributed by atoms with Crippen LogP contribution in [-0.2, 0) is 38.0 Å². The lowest BCUT2D eigenvalue weighted by molar-refractivity contribution is -0.216. The third kappa shape index (κ3) is 13.1. The fourth-order valence-electron chi connectivity index (χ4n) is 2.16. The van der Waals surface area contributed by atoms with Gasteiger partial charge in [0.2, 0.25) is 0 Å². The number of hydrogen-bond acceptors (Lipinski definition) is 10. The summed E-state index contributed by atoms with van der Waals surface area (Å²) in [6.45, 7) is 13.6. The molecule has 2 unspecified atom stereocenters. The Hall–Kier alpha value is -1.30. The maximum absolute atomic E-state index is 12.0. The summed E-state index contributed by atoms with van der Waals surface area (Å²) in [6, 6.07) is 0. The molecular formula is C20H38O10. The summed E-state index contributed by atoms with van der Waals surface area (Å²) < 4.78 is 31.7. The van der Waals surface area contributed by atoms with Crippen LogP contribution < -0.4 is 0 Å². The Morgan fingerprint density at radius 1 is 0.567 bits per heavy atom. The maximum Gasteiger partial charge on any atom is 0.338 e. The summed E-state index contributed by atoms with van der Waals surface area (Å²) in [7, 11) is 0. The van der Waals surface area contributed by atoms with Gasteiger partial charge in [-0.3, -0.25) is 0 Å². The third-order valence-corrected chi connectivity index (χ3v) is 3.20. The molecule has 0 aromatic heterocycles. The molecule has 0 aromatic carbocycles. The molecule has 0 saturated heterocycles. The van der Waals surface area contributed by atoms with Crippen LogP contribution >= 0.6 is 0 Å². The first-order chi connectivity index (χ1) is 13.8. The van der Waals surface area contributed by atoms with Gasteiger partial charge >= 0.3 is 11.9 Å². The van der Waals surface area contributed by atoms with Crippen molar-refractivity contribution in [1.82, 2.24) is 0 Å². The summed E-state index contributed by atoms with van der Waals surface area (Å²) >= 11 is 0. The molecule has 10 heteroatoms. The predicted octanol–water partition coefficient (Wildman–Crippen LogP) is 1.15. The number of ether oxygens (including phenoxy) is 6. The van der Waals surface area contributed by atoms with E-state index in [1.165, 1.54) is 0 Å². The number of carbonyl (C=O) groups is 2. The van der Waals surface area contributed by atoms with Crippen molar-refractivity contribution in [2.24, 2.45) is 0 Å². The molecule has 0 spiro atoms. The highest BCUT2D eigenvalue weighted by Crippen LogP contribution is 2.09. The van der Waals surface area contributed by atoms with Gasteiger partial charge in [0.05, 0.1) is 24.4 Å². The summed E-state index contributed by atoms with van der Waals surface area (Å²) in [5.41, 5.74) is 0. The molecule has 0 aromatic rings. The number of rotatable bonds is 15. The Balaban J connectivity index is 4.67. The van der Waals surface area contributed by atoms with Gasteiger partial charge in [-0.15, -0.1) is 0 Å². The lowest BCUT2D eigenvalue weighted by Gasteiger charge is -2.24. The average Bonchev–Trinajstić information content (AvgIpc) is 2.60. The van der Waals surface area contributed by atoms with Gasteiger partial charge in [-0.2, -0.15) is 0 Å². The first-order valence-electron chi connectivity index (χ1n) is 10.1. The molecule has 0 aliphatic rings. The molecule has 0 fully saturated rings. The van der Waals surface area contributed by atoms with Crippen molar-refractivity contribution >= 4 is 11.9 Å². The summed E-state index contributed by atoms with van der Waals surface area (Å²) in [4.78, 5) is 24.0. The normalized spacial score (nSPS) is 14.3. The molecule has 0 bridgehead atoms. The number of hydrogen-bond donors (Lipinski definition) is 2. The SMILES string of the molecule is CC(C)OC(COC(=O)C(O)C(O)C(=O)OCC(OC(C)C)OC(C)C)OC(C)C. The van der Waals surface area contributed by atoms with E-state index in [-0.39, 0.29) is 37.6 Å². The van der Waals surface area contributed by atoms with E-state index < -0.39 is 36.7 Å². The second-order valence-corrected chi connectivity index (χ2v) is 7.75. The van der Waals surface area contributed by atoms with Crippen molar-refractivity contribution in [3.05, 3.63) is 0 Å². The molecule has 0 radical (unpaired) electrons. The van der Waals surface area contributed by atoms with E-state index in [1.54, 1.807) is 55.4 Å². The molecule has 178 valence electrons. The lowest BCUT2D eigenvalue weighted by Crippen LogP contribution is -2.43. The fraction of sp³-hybridized carbons (Fsp3) is 0.900. The first-order valence-corrected chi connectivity index (χ1v) is 10.1. The van der Waals surface area contributed by atoms with Gasteiger partial charge in [0.25, 0.3) is 0 Å². The predicted molar refractivity (Wildman–Crippen MR) is 106 cm³/mol. The van der Waals surface area contributed by atoms with E-state index in [0.29, 0.717) is 0 Å². The van der Waals surface area contributed by atoms with Crippen molar-refractivity contribution in [2.75, 3.05) is 13.2 Å². The van der Waals surface area contributed by atoms with Crippen LogP contribution in [0.2, 0.25) is 0 Å². The first kappa shape index (κ1) is 28.7. The standard InChI is InChI=1S/C20H38O10/c1-11(2)27-15(28-12(3)4)9-25-19(23)17(21)18(22)20(24)26-10-16(29-13(5)6)30-14(7)8/h11-18,21-22H,9-10H2,1-8H3. The van der Waals surface area contributed by atoms with Crippen LogP contribution in [0.25, 0.3) is 0 Å². The molecule has 0 aliphatic carbocycles. The minimum atomic E-state index is -2.13. The number of esters is 2.